The Labute approximate surface area is 133 Å². The number of nitrogens with two attached hydrogens (primary N) is 1. The van der Waals surface area contributed by atoms with Crippen molar-refractivity contribution in [2.45, 2.75) is 18.9 Å². The second kappa shape index (κ2) is 7.13. The minimum atomic E-state index is -0.0281. The first-order chi connectivity index (χ1) is 9.72. The Balaban J connectivity index is 0.00000161. The lowest BCUT2D eigenvalue weighted by molar-refractivity contribution is -0.117. The van der Waals surface area contributed by atoms with Crippen molar-refractivity contribution in [2.24, 2.45) is 14.5 Å². The summed E-state index contributed by atoms with van der Waals surface area (Å²) in [6.07, 6.45) is 2.10. The normalized spacial score (nSPS) is 20.3. The number of carbonyl (C=O) groups is 1. The molecule has 1 amide bonds. The molecule has 0 bridgehead atoms. The van der Waals surface area contributed by atoms with Crippen molar-refractivity contribution in [1.29, 1.82) is 0 Å². The summed E-state index contributed by atoms with van der Waals surface area (Å²) in [6, 6.07) is 5.79. The molecule has 2 aliphatic heterocycles. The average Bonchev–Trinajstić information content (AvgIpc) is 2.88. The number of nitrogens with one attached hydrogen (secondary N) is 1. The van der Waals surface area contributed by atoms with Gasteiger partial charge in [0.1, 0.15) is 11.4 Å². The Kier molecular flexibility index (Phi) is 5.46. The average molecular weight is 328 g/mol. The number of halogens is 1. The van der Waals surface area contributed by atoms with Gasteiger partial charge < -0.3 is 11.1 Å². The molecule has 0 spiro atoms. The van der Waals surface area contributed by atoms with Gasteiger partial charge in [0.05, 0.1) is 23.6 Å². The summed E-state index contributed by atoms with van der Waals surface area (Å²) in [5.74, 6) is -0.0281. The number of benzene rings is 1. The number of likely N-dealkylation sites (tertiary alicyclic amines) is 1. The van der Waals surface area contributed by atoms with Gasteiger partial charge in [0.2, 0.25) is 5.91 Å². The van der Waals surface area contributed by atoms with Crippen LogP contribution in [-0.2, 0) is 16.1 Å². The molecule has 0 saturated carbocycles. The van der Waals surface area contributed by atoms with Gasteiger partial charge in [-0.3, -0.25) is 9.69 Å². The van der Waals surface area contributed by atoms with Gasteiger partial charge in [-0.25, -0.2) is 0 Å². The zero-order chi connectivity index (χ0) is 13.9. The van der Waals surface area contributed by atoms with Crippen molar-refractivity contribution in [3.63, 3.8) is 0 Å². The fourth-order valence-corrected chi connectivity index (χ4v) is 3.08. The first-order valence-electron chi connectivity index (χ1n) is 6.71. The van der Waals surface area contributed by atoms with Crippen LogP contribution in [0.3, 0.4) is 0 Å². The van der Waals surface area contributed by atoms with E-state index in [1.165, 1.54) is 0 Å². The minimum Gasteiger partial charge on any atom is -0.327 e. The summed E-state index contributed by atoms with van der Waals surface area (Å²) in [5.41, 5.74) is 8.21. The molecule has 1 fully saturated rings. The van der Waals surface area contributed by atoms with Crippen LogP contribution in [-0.4, -0.2) is 36.5 Å². The van der Waals surface area contributed by atoms with Gasteiger partial charge >= 0.3 is 0 Å². The number of hydrogen-bond acceptors (Lipinski definition) is 5. The molecule has 114 valence electrons. The molecule has 1 atom stereocenters. The number of anilines is 1. The lowest BCUT2D eigenvalue weighted by Gasteiger charge is -2.29. The van der Waals surface area contributed by atoms with Crippen molar-refractivity contribution in [1.82, 2.24) is 4.90 Å². The highest BCUT2D eigenvalue weighted by atomic mass is 35.5. The lowest BCUT2D eigenvalue weighted by atomic mass is 10.1. The van der Waals surface area contributed by atoms with Crippen LogP contribution >= 0.6 is 12.4 Å². The van der Waals surface area contributed by atoms with Gasteiger partial charge in [0.15, 0.2) is 0 Å². The van der Waals surface area contributed by atoms with E-state index in [1.807, 2.05) is 18.2 Å². The molecular weight excluding hydrogens is 310 g/mol. The number of nitrogens with zero attached hydrogens (tertiary/aromatic N) is 3. The zero-order valence-corrected chi connectivity index (χ0v) is 13.1. The van der Waals surface area contributed by atoms with E-state index in [2.05, 4.69) is 18.9 Å². The van der Waals surface area contributed by atoms with Gasteiger partial charge in [0.25, 0.3) is 0 Å². The smallest absolute Gasteiger partial charge is 0.238 e. The molecule has 0 unspecified atom stereocenters. The van der Waals surface area contributed by atoms with Crippen LogP contribution in [0.1, 0.15) is 12.8 Å². The molecule has 2 heterocycles. The van der Waals surface area contributed by atoms with Crippen LogP contribution in [0.4, 0.5) is 17.1 Å². The number of piperidine rings is 1. The standard InChI is InChI=1S/C13H17N5OS.ClH/c14-9-3-2-6-18(7-9)8-12(19)15-10-4-1-5-11-13(10)17-20-16-11;/h1,4-5,9H,2-3,6-8,14H2,(H,15,19);1H/t9-;/m1./s1. The number of fused-ring (bicyclic) bond motifs is 1. The van der Waals surface area contributed by atoms with E-state index in [-0.39, 0.29) is 24.4 Å². The molecule has 2 aliphatic rings. The van der Waals surface area contributed by atoms with Crippen LogP contribution in [0.5, 0.6) is 0 Å². The topological polar surface area (TPSA) is 83.1 Å². The van der Waals surface area contributed by atoms with Crippen LogP contribution in [0.25, 0.3) is 0 Å². The second-order valence-corrected chi connectivity index (χ2v) is 5.65. The Hall–Kier alpha value is -1.28. The van der Waals surface area contributed by atoms with Crippen LogP contribution in [0.15, 0.2) is 26.9 Å². The SMILES string of the molecule is Cl.N[C@@H]1CCCN(CC(=O)Nc2cccc3c2N=S=N3)C1. The molecule has 3 N–H and O–H groups in total. The predicted molar refractivity (Wildman–Crippen MR) is 87.5 cm³/mol. The molecule has 0 aromatic heterocycles. The Bertz CT molecular complexity index is 602. The zero-order valence-electron chi connectivity index (χ0n) is 11.5. The van der Waals surface area contributed by atoms with Crippen molar-refractivity contribution in [2.75, 3.05) is 25.0 Å². The molecule has 6 nitrogen and oxygen atoms in total. The number of carbonyl (C=O) groups excluding carboxylic acids is 1. The van der Waals surface area contributed by atoms with E-state index in [4.69, 9.17) is 5.73 Å². The highest BCUT2D eigenvalue weighted by Gasteiger charge is 2.20. The van der Waals surface area contributed by atoms with Gasteiger partial charge in [-0.2, -0.15) is 8.73 Å². The molecular formula is C13H18ClN5OS. The van der Waals surface area contributed by atoms with Gasteiger partial charge in [-0.05, 0) is 31.5 Å². The van der Waals surface area contributed by atoms with Gasteiger partial charge in [-0.15, -0.1) is 12.4 Å². The largest absolute Gasteiger partial charge is 0.327 e. The van der Waals surface area contributed by atoms with E-state index >= 15 is 0 Å². The van der Waals surface area contributed by atoms with Gasteiger partial charge in [-0.1, -0.05) is 6.07 Å². The first-order valence-corrected chi connectivity index (χ1v) is 7.44. The van der Waals surface area contributed by atoms with Crippen LogP contribution in [0.2, 0.25) is 0 Å². The molecule has 1 saturated heterocycles. The Morgan fingerprint density at radius 2 is 2.33 bits per heavy atom. The van der Waals surface area contributed by atoms with Crippen molar-refractivity contribution >= 4 is 46.7 Å². The summed E-state index contributed by atoms with van der Waals surface area (Å²) in [4.78, 5) is 14.2. The first kappa shape index (κ1) is 16.1. The highest BCUT2D eigenvalue weighted by Crippen LogP contribution is 2.38. The van der Waals surface area contributed by atoms with E-state index in [0.717, 1.165) is 54.3 Å². The second-order valence-electron chi connectivity index (χ2n) is 5.12. The summed E-state index contributed by atoms with van der Waals surface area (Å²) in [5, 5.41) is 2.92. The fraction of sp³-hybridized carbons (Fsp3) is 0.462. The number of rotatable bonds is 3. The number of amides is 1. The molecule has 3 rings (SSSR count). The molecule has 21 heavy (non-hydrogen) atoms. The molecule has 1 aromatic rings. The lowest BCUT2D eigenvalue weighted by Crippen LogP contribution is -2.45. The molecule has 0 aliphatic carbocycles. The van der Waals surface area contributed by atoms with Crippen molar-refractivity contribution in [3.8, 4) is 0 Å². The maximum absolute atomic E-state index is 12.1. The highest BCUT2D eigenvalue weighted by molar-refractivity contribution is 7.58. The third kappa shape index (κ3) is 3.88. The molecule has 8 heteroatoms. The monoisotopic (exact) mass is 327 g/mol. The molecule has 0 radical (unpaired) electrons. The van der Waals surface area contributed by atoms with Crippen molar-refractivity contribution < 1.29 is 4.79 Å². The maximum atomic E-state index is 12.1. The summed E-state index contributed by atoms with van der Waals surface area (Å²) in [7, 11) is 0. The van der Waals surface area contributed by atoms with Gasteiger partial charge in [0, 0.05) is 12.6 Å². The van der Waals surface area contributed by atoms with Crippen molar-refractivity contribution in [3.05, 3.63) is 18.2 Å². The van der Waals surface area contributed by atoms with E-state index < -0.39 is 0 Å². The Morgan fingerprint density at radius 3 is 3.14 bits per heavy atom. The minimum absolute atomic E-state index is 0. The maximum Gasteiger partial charge on any atom is 0.238 e. The summed E-state index contributed by atoms with van der Waals surface area (Å²) >= 11 is 1.15. The van der Waals surface area contributed by atoms with E-state index in [9.17, 15) is 4.79 Å². The Morgan fingerprint density at radius 1 is 1.48 bits per heavy atom. The van der Waals surface area contributed by atoms with Crippen LogP contribution < -0.4 is 11.1 Å². The summed E-state index contributed by atoms with van der Waals surface area (Å²) in [6.45, 7) is 2.10. The third-order valence-corrected chi connectivity index (χ3v) is 4.01. The van der Waals surface area contributed by atoms with E-state index in [1.54, 1.807) is 0 Å². The summed E-state index contributed by atoms with van der Waals surface area (Å²) < 4.78 is 8.38. The third-order valence-electron chi connectivity index (χ3n) is 3.47. The molecule has 1 aromatic carbocycles. The van der Waals surface area contributed by atoms with Crippen LogP contribution in [0, 0.1) is 0 Å². The van der Waals surface area contributed by atoms with E-state index in [0.29, 0.717) is 6.54 Å². The fourth-order valence-electron chi connectivity index (χ4n) is 2.53. The number of hydrogen-bond donors (Lipinski definition) is 2. The quantitative estimate of drug-likeness (QED) is 0.906. The predicted octanol–water partition coefficient (Wildman–Crippen LogP) is 2.20.